The van der Waals surface area contributed by atoms with Gasteiger partial charge in [-0.15, -0.1) is 0 Å². The van der Waals surface area contributed by atoms with Gasteiger partial charge in [-0.25, -0.2) is 8.42 Å². The van der Waals surface area contributed by atoms with Crippen LogP contribution in [0.15, 0.2) is 23.1 Å². The molecule has 0 saturated carbocycles. The minimum absolute atomic E-state index is 0.293. The van der Waals surface area contributed by atoms with Gasteiger partial charge in [0, 0.05) is 26.2 Å². The lowest BCUT2D eigenvalue weighted by molar-refractivity contribution is -0.135. The van der Waals surface area contributed by atoms with Crippen molar-refractivity contribution in [3.63, 3.8) is 0 Å². The topological polar surface area (TPSA) is 113 Å². The van der Waals surface area contributed by atoms with Crippen LogP contribution in [0.2, 0.25) is 0 Å². The Labute approximate surface area is 153 Å². The maximum Gasteiger partial charge on any atom is 0.243 e. The number of aliphatic hydroxyl groups is 1. The van der Waals surface area contributed by atoms with Crippen molar-refractivity contribution >= 4 is 15.9 Å². The first-order valence-electron chi connectivity index (χ1n) is 8.73. The summed E-state index contributed by atoms with van der Waals surface area (Å²) in [5.74, 6) is -0.327. The van der Waals surface area contributed by atoms with Crippen LogP contribution in [0, 0.1) is 0 Å². The van der Waals surface area contributed by atoms with E-state index >= 15 is 0 Å². The van der Waals surface area contributed by atoms with Gasteiger partial charge in [0.2, 0.25) is 15.9 Å². The average Bonchev–Trinajstić information content (AvgIpc) is 2.66. The molecule has 144 valence electrons. The molecule has 1 amide bonds. The van der Waals surface area contributed by atoms with E-state index in [1.807, 2.05) is 6.07 Å². The number of rotatable bonds is 4. The SMILES string of the molecule is C[C@@H](O)[C@H](N)C(=O)N1CCc2c(cccc2S(=O)(=O)N2CCOCC2)C1. The van der Waals surface area contributed by atoms with E-state index < -0.39 is 22.2 Å². The zero-order chi connectivity index (χ0) is 18.9. The second kappa shape index (κ2) is 7.61. The van der Waals surface area contributed by atoms with Crippen LogP contribution >= 0.6 is 0 Å². The molecule has 1 aromatic rings. The number of morpholine rings is 1. The number of aliphatic hydroxyl groups excluding tert-OH is 1. The normalized spacial score (nSPS) is 21.1. The average molecular weight is 383 g/mol. The van der Waals surface area contributed by atoms with Crippen molar-refractivity contribution in [1.29, 1.82) is 0 Å². The van der Waals surface area contributed by atoms with Crippen molar-refractivity contribution in [2.45, 2.75) is 36.9 Å². The molecule has 8 nitrogen and oxygen atoms in total. The Morgan fingerprint density at radius 2 is 1.96 bits per heavy atom. The quantitative estimate of drug-likeness (QED) is 0.711. The third-order valence-electron chi connectivity index (χ3n) is 4.93. The maximum atomic E-state index is 13.0. The van der Waals surface area contributed by atoms with Gasteiger partial charge in [-0.3, -0.25) is 4.79 Å². The lowest BCUT2D eigenvalue weighted by Gasteiger charge is -2.33. The molecule has 26 heavy (non-hydrogen) atoms. The lowest BCUT2D eigenvalue weighted by Crippen LogP contribution is -2.50. The number of carbonyl (C=O) groups is 1. The number of sulfonamides is 1. The minimum atomic E-state index is -3.59. The second-order valence-electron chi connectivity index (χ2n) is 6.69. The summed E-state index contributed by atoms with van der Waals surface area (Å²) in [5.41, 5.74) is 7.31. The number of nitrogens with zero attached hydrogens (tertiary/aromatic N) is 2. The van der Waals surface area contributed by atoms with Gasteiger partial charge in [0.15, 0.2) is 0 Å². The summed E-state index contributed by atoms with van der Waals surface area (Å²) in [7, 11) is -3.59. The van der Waals surface area contributed by atoms with E-state index in [0.717, 1.165) is 11.1 Å². The number of benzene rings is 1. The molecule has 3 N–H and O–H groups in total. The number of ether oxygens (including phenoxy) is 1. The number of carbonyl (C=O) groups excluding carboxylic acids is 1. The lowest BCUT2D eigenvalue weighted by atomic mass is 9.99. The highest BCUT2D eigenvalue weighted by molar-refractivity contribution is 7.89. The van der Waals surface area contributed by atoms with Crippen LogP contribution in [0.25, 0.3) is 0 Å². The van der Waals surface area contributed by atoms with Gasteiger partial charge in [-0.1, -0.05) is 12.1 Å². The van der Waals surface area contributed by atoms with E-state index in [2.05, 4.69) is 0 Å². The van der Waals surface area contributed by atoms with Gasteiger partial charge >= 0.3 is 0 Å². The van der Waals surface area contributed by atoms with Gasteiger partial charge in [0.1, 0.15) is 6.04 Å². The fraction of sp³-hybridized carbons (Fsp3) is 0.588. The van der Waals surface area contributed by atoms with Crippen LogP contribution in [0.3, 0.4) is 0 Å². The first-order valence-corrected chi connectivity index (χ1v) is 10.2. The van der Waals surface area contributed by atoms with Gasteiger partial charge in [0.25, 0.3) is 0 Å². The van der Waals surface area contributed by atoms with Crippen LogP contribution in [0.4, 0.5) is 0 Å². The first kappa shape index (κ1) is 19.2. The zero-order valence-electron chi connectivity index (χ0n) is 14.8. The molecule has 0 bridgehead atoms. The van der Waals surface area contributed by atoms with E-state index in [1.54, 1.807) is 17.0 Å². The van der Waals surface area contributed by atoms with Crippen molar-refractivity contribution in [2.75, 3.05) is 32.8 Å². The van der Waals surface area contributed by atoms with Crippen molar-refractivity contribution in [3.05, 3.63) is 29.3 Å². The zero-order valence-corrected chi connectivity index (χ0v) is 15.6. The largest absolute Gasteiger partial charge is 0.391 e. The number of nitrogens with two attached hydrogens (primary N) is 1. The molecule has 0 aromatic heterocycles. The van der Waals surface area contributed by atoms with Crippen LogP contribution in [-0.2, 0) is 32.5 Å². The summed E-state index contributed by atoms with van der Waals surface area (Å²) in [4.78, 5) is 14.3. The number of fused-ring (bicyclic) bond motifs is 1. The predicted molar refractivity (Wildman–Crippen MR) is 94.8 cm³/mol. The highest BCUT2D eigenvalue weighted by Crippen LogP contribution is 2.28. The highest BCUT2D eigenvalue weighted by Gasteiger charge is 2.33. The Morgan fingerprint density at radius 1 is 1.27 bits per heavy atom. The summed E-state index contributed by atoms with van der Waals surface area (Å²) in [6, 6.07) is 4.19. The Bertz CT molecular complexity index is 775. The summed E-state index contributed by atoms with van der Waals surface area (Å²) >= 11 is 0. The molecule has 2 heterocycles. The van der Waals surface area contributed by atoms with E-state index in [0.29, 0.717) is 50.7 Å². The summed E-state index contributed by atoms with van der Waals surface area (Å²) in [6.07, 6.45) is -0.496. The van der Waals surface area contributed by atoms with Crippen LogP contribution in [0.5, 0.6) is 0 Å². The monoisotopic (exact) mass is 383 g/mol. The molecular formula is C17H25N3O5S. The van der Waals surface area contributed by atoms with Gasteiger partial charge in [-0.2, -0.15) is 4.31 Å². The molecule has 1 aromatic carbocycles. The third-order valence-corrected chi connectivity index (χ3v) is 6.91. The van der Waals surface area contributed by atoms with Crippen LogP contribution < -0.4 is 5.73 Å². The highest BCUT2D eigenvalue weighted by atomic mass is 32.2. The second-order valence-corrected chi connectivity index (χ2v) is 8.59. The van der Waals surface area contributed by atoms with E-state index in [-0.39, 0.29) is 5.91 Å². The molecule has 2 aliphatic heterocycles. The Hall–Kier alpha value is -1.52. The molecule has 1 saturated heterocycles. The van der Waals surface area contributed by atoms with Crippen molar-refractivity contribution in [1.82, 2.24) is 9.21 Å². The molecule has 0 unspecified atom stereocenters. The van der Waals surface area contributed by atoms with Crippen molar-refractivity contribution in [2.24, 2.45) is 5.73 Å². The molecule has 2 atom stereocenters. The third kappa shape index (κ3) is 3.63. The summed E-state index contributed by atoms with van der Waals surface area (Å²) in [6.45, 7) is 3.64. The predicted octanol–water partition coefficient (Wildman–Crippen LogP) is -0.700. The van der Waals surface area contributed by atoms with E-state index in [4.69, 9.17) is 10.5 Å². The minimum Gasteiger partial charge on any atom is -0.391 e. The fourth-order valence-corrected chi connectivity index (χ4v) is 5.05. The number of hydrogen-bond acceptors (Lipinski definition) is 6. The molecule has 2 aliphatic rings. The van der Waals surface area contributed by atoms with Crippen LogP contribution in [0.1, 0.15) is 18.1 Å². The number of amides is 1. The Kier molecular flexibility index (Phi) is 5.64. The molecule has 3 rings (SSSR count). The van der Waals surface area contributed by atoms with Gasteiger partial charge in [-0.05, 0) is 30.5 Å². The van der Waals surface area contributed by atoms with Crippen LogP contribution in [-0.4, -0.2) is 73.6 Å². The van der Waals surface area contributed by atoms with Gasteiger partial charge in [0.05, 0.1) is 24.2 Å². The molecule has 0 radical (unpaired) electrons. The Morgan fingerprint density at radius 3 is 2.62 bits per heavy atom. The van der Waals surface area contributed by atoms with E-state index in [9.17, 15) is 18.3 Å². The smallest absolute Gasteiger partial charge is 0.243 e. The van der Waals surface area contributed by atoms with Gasteiger partial charge < -0.3 is 20.5 Å². The van der Waals surface area contributed by atoms with Crippen molar-refractivity contribution in [3.8, 4) is 0 Å². The van der Waals surface area contributed by atoms with Crippen molar-refractivity contribution < 1.29 is 23.1 Å². The summed E-state index contributed by atoms with van der Waals surface area (Å²) in [5, 5.41) is 9.54. The molecular weight excluding hydrogens is 358 g/mol. The Balaban J connectivity index is 1.86. The van der Waals surface area contributed by atoms with E-state index in [1.165, 1.54) is 11.2 Å². The molecule has 0 spiro atoms. The maximum absolute atomic E-state index is 13.0. The number of hydrogen-bond donors (Lipinski definition) is 2. The molecule has 1 fully saturated rings. The molecule has 0 aliphatic carbocycles. The first-order chi connectivity index (χ1) is 12.3. The summed E-state index contributed by atoms with van der Waals surface area (Å²) < 4.78 is 32.7. The molecule has 9 heteroatoms. The standard InChI is InChI=1S/C17H25N3O5S/c1-12(21)16(18)17(22)19-6-5-14-13(11-19)3-2-4-15(14)26(23,24)20-7-9-25-10-8-20/h2-4,12,16,21H,5-11,18H2,1H3/t12-,16+/m1/s1. The fourth-order valence-electron chi connectivity index (χ4n) is 3.35.